The molecule has 12 heteroatoms. The Labute approximate surface area is 105 Å². The van der Waals surface area contributed by atoms with Crippen molar-refractivity contribution in [3.63, 3.8) is 0 Å². The van der Waals surface area contributed by atoms with Crippen molar-refractivity contribution in [3.8, 4) is 5.75 Å². The van der Waals surface area contributed by atoms with Crippen LogP contribution in [0.2, 0.25) is 0 Å². The fourth-order valence-electron chi connectivity index (χ4n) is 1.37. The minimum atomic E-state index is -3.07. The summed E-state index contributed by atoms with van der Waals surface area (Å²) in [4.78, 5) is 0. The van der Waals surface area contributed by atoms with Gasteiger partial charge >= 0.3 is 7.58 Å². The van der Waals surface area contributed by atoms with Crippen LogP contribution < -0.4 is 32.0 Å². The topological polar surface area (TPSA) is 176 Å². The van der Waals surface area contributed by atoms with Gasteiger partial charge < -0.3 is 4.52 Å². The summed E-state index contributed by atoms with van der Waals surface area (Å²) in [7, 11) is -9.00. The van der Waals surface area contributed by atoms with Crippen LogP contribution in [0, 0.1) is 0 Å². The summed E-state index contributed by atoms with van der Waals surface area (Å²) in [5, 5.41) is 0. The molecule has 18 heavy (non-hydrogen) atoms. The molecular weight excluding hydrogens is 293 g/mol. The molecular formula is C6H15N8OP3. The average Bonchev–Trinajstić information content (AvgIpc) is 2.11. The minimum absolute atomic E-state index is 0.503. The van der Waals surface area contributed by atoms with E-state index < -0.39 is 22.6 Å². The minimum Gasteiger partial charge on any atom is -0.431 e. The van der Waals surface area contributed by atoms with Crippen LogP contribution in [0.5, 0.6) is 5.75 Å². The van der Waals surface area contributed by atoms with E-state index in [1.165, 1.54) is 0 Å². The smallest absolute Gasteiger partial charge is 0.328 e. The Morgan fingerprint density at radius 1 is 0.778 bits per heavy atom. The van der Waals surface area contributed by atoms with Gasteiger partial charge in [-0.1, -0.05) is 18.2 Å². The first-order valence-corrected chi connectivity index (χ1v) is 10.1. The highest BCUT2D eigenvalue weighted by Crippen LogP contribution is 2.65. The first-order valence-electron chi connectivity index (χ1n) is 4.79. The molecule has 0 saturated carbocycles. The Bertz CT molecular complexity index is 605. The molecule has 0 spiro atoms. The normalized spacial score (nSPS) is 28.5. The Balaban J connectivity index is 2.47. The summed E-state index contributed by atoms with van der Waals surface area (Å²) in [6.07, 6.45) is 0. The van der Waals surface area contributed by atoms with Gasteiger partial charge in [0.25, 0.3) is 0 Å². The van der Waals surface area contributed by atoms with Gasteiger partial charge in [-0.2, -0.15) is 13.5 Å². The van der Waals surface area contributed by atoms with Crippen LogP contribution >= 0.6 is 22.6 Å². The molecule has 0 aromatic heterocycles. The zero-order chi connectivity index (χ0) is 13.4. The number of benzene rings is 1. The molecule has 0 amide bonds. The van der Waals surface area contributed by atoms with E-state index >= 15 is 0 Å². The van der Waals surface area contributed by atoms with Crippen molar-refractivity contribution in [2.45, 2.75) is 0 Å². The predicted octanol–water partition coefficient (Wildman–Crippen LogP) is 1.71. The number of rotatable bonds is 2. The van der Waals surface area contributed by atoms with Gasteiger partial charge in [-0.05, 0) is 12.1 Å². The summed E-state index contributed by atoms with van der Waals surface area (Å²) < 4.78 is 17.4. The third kappa shape index (κ3) is 3.51. The van der Waals surface area contributed by atoms with Crippen LogP contribution in [0.1, 0.15) is 0 Å². The van der Waals surface area contributed by atoms with E-state index in [0.717, 1.165) is 0 Å². The SMILES string of the molecule is NP1(N)=NP(N)(N)=NP(N)(Oc2ccccc2)=N1. The van der Waals surface area contributed by atoms with Crippen molar-refractivity contribution in [1.82, 2.24) is 0 Å². The van der Waals surface area contributed by atoms with E-state index in [9.17, 15) is 0 Å². The molecule has 10 N–H and O–H groups in total. The Kier molecular flexibility index (Phi) is 3.53. The second kappa shape index (κ2) is 4.56. The third-order valence-electron chi connectivity index (χ3n) is 1.81. The zero-order valence-electron chi connectivity index (χ0n) is 9.37. The molecule has 9 nitrogen and oxygen atoms in total. The Hall–Kier alpha value is -0.490. The summed E-state index contributed by atoms with van der Waals surface area (Å²) in [6.45, 7) is 0. The lowest BCUT2D eigenvalue weighted by atomic mass is 10.3. The van der Waals surface area contributed by atoms with Crippen molar-refractivity contribution in [2.24, 2.45) is 41.1 Å². The van der Waals surface area contributed by atoms with Crippen molar-refractivity contribution in [3.05, 3.63) is 30.3 Å². The summed E-state index contributed by atoms with van der Waals surface area (Å²) in [5.41, 5.74) is 28.8. The number of para-hydroxylation sites is 1. The number of nitrogens with two attached hydrogens (primary N) is 5. The molecule has 100 valence electrons. The fraction of sp³-hybridized carbons (Fsp3) is 0. The highest BCUT2D eigenvalue weighted by atomic mass is 31.3. The van der Waals surface area contributed by atoms with Gasteiger partial charge in [0.1, 0.15) is 5.75 Å². The van der Waals surface area contributed by atoms with Gasteiger partial charge in [0.2, 0.25) is 15.0 Å². The van der Waals surface area contributed by atoms with Crippen LogP contribution in [0.3, 0.4) is 0 Å². The number of hydrogen-bond acceptors (Lipinski definition) is 9. The lowest BCUT2D eigenvalue weighted by molar-refractivity contribution is 0.605. The molecule has 0 fully saturated rings. The quantitative estimate of drug-likeness (QED) is 0.519. The first kappa shape index (κ1) is 13.9. The van der Waals surface area contributed by atoms with Crippen molar-refractivity contribution in [2.75, 3.05) is 0 Å². The van der Waals surface area contributed by atoms with E-state index in [-0.39, 0.29) is 0 Å². The number of nitrogens with zero attached hydrogens (tertiary/aromatic N) is 3. The Morgan fingerprint density at radius 3 is 1.89 bits per heavy atom. The van der Waals surface area contributed by atoms with E-state index in [2.05, 4.69) is 13.5 Å². The van der Waals surface area contributed by atoms with E-state index in [1.54, 1.807) is 24.3 Å². The maximum Gasteiger partial charge on any atom is 0.328 e. The summed E-state index contributed by atoms with van der Waals surface area (Å²) in [5.74, 6) is 0.503. The van der Waals surface area contributed by atoms with Crippen LogP contribution in [-0.4, -0.2) is 0 Å². The predicted molar refractivity (Wildman–Crippen MR) is 76.1 cm³/mol. The highest BCUT2D eigenvalue weighted by molar-refractivity contribution is 7.82. The standard InChI is InChI=1S/C6H15N8OP3/c7-16(8)12-17(9,10)14-18(11,13-16)15-6-4-2-1-3-5-6/h1-5H,7-11H2. The van der Waals surface area contributed by atoms with Crippen LogP contribution in [-0.2, 0) is 0 Å². The molecule has 1 atom stereocenters. The molecule has 1 aromatic rings. The molecule has 0 aliphatic carbocycles. The van der Waals surface area contributed by atoms with E-state index in [0.29, 0.717) is 5.75 Å². The molecule has 0 radical (unpaired) electrons. The fourth-order valence-corrected chi connectivity index (χ4v) is 8.61. The molecule has 1 heterocycles. The Morgan fingerprint density at radius 2 is 1.33 bits per heavy atom. The van der Waals surface area contributed by atoms with E-state index in [4.69, 9.17) is 32.0 Å². The van der Waals surface area contributed by atoms with Crippen molar-refractivity contribution >= 4 is 22.6 Å². The second-order valence-corrected chi connectivity index (χ2v) is 9.97. The first-order chi connectivity index (χ1) is 8.20. The largest absolute Gasteiger partial charge is 0.431 e. The van der Waals surface area contributed by atoms with Gasteiger partial charge in [-0.25, -0.2) is 5.50 Å². The third-order valence-corrected chi connectivity index (χ3v) is 8.93. The number of hydrogen-bond donors (Lipinski definition) is 5. The lowest BCUT2D eigenvalue weighted by Gasteiger charge is -2.26. The maximum atomic E-state index is 5.97. The van der Waals surface area contributed by atoms with Crippen LogP contribution in [0.25, 0.3) is 0 Å². The molecule has 2 rings (SSSR count). The van der Waals surface area contributed by atoms with Gasteiger partial charge in [-0.15, -0.1) is 0 Å². The summed E-state index contributed by atoms with van der Waals surface area (Å²) in [6, 6.07) is 8.84. The van der Waals surface area contributed by atoms with Gasteiger partial charge in [0.05, 0.1) is 0 Å². The van der Waals surface area contributed by atoms with E-state index in [1.807, 2.05) is 6.07 Å². The average molecular weight is 308 g/mol. The molecule has 1 aliphatic rings. The van der Waals surface area contributed by atoms with Gasteiger partial charge in [0.15, 0.2) is 0 Å². The van der Waals surface area contributed by atoms with Gasteiger partial charge in [0, 0.05) is 0 Å². The molecule has 1 aliphatic heterocycles. The monoisotopic (exact) mass is 308 g/mol. The van der Waals surface area contributed by atoms with Gasteiger partial charge in [-0.3, -0.25) is 22.0 Å². The molecule has 0 saturated heterocycles. The molecule has 1 unspecified atom stereocenters. The van der Waals surface area contributed by atoms with Crippen molar-refractivity contribution in [1.29, 1.82) is 0 Å². The molecule has 1 aromatic carbocycles. The second-order valence-electron chi connectivity index (χ2n) is 3.66. The highest BCUT2D eigenvalue weighted by Gasteiger charge is 2.29. The van der Waals surface area contributed by atoms with Crippen molar-refractivity contribution < 1.29 is 4.52 Å². The molecule has 0 bridgehead atoms. The van der Waals surface area contributed by atoms with Crippen LogP contribution in [0.4, 0.5) is 0 Å². The van der Waals surface area contributed by atoms with Crippen LogP contribution in [0.15, 0.2) is 43.9 Å². The summed E-state index contributed by atoms with van der Waals surface area (Å²) >= 11 is 0. The lowest BCUT2D eigenvalue weighted by Crippen LogP contribution is -2.14. The maximum absolute atomic E-state index is 5.97. The zero-order valence-corrected chi connectivity index (χ0v) is 12.0.